The number of likely N-dealkylation sites (tertiary alicyclic amines) is 1. The number of ether oxygens (including phenoxy) is 1. The minimum absolute atomic E-state index is 0.0787. The lowest BCUT2D eigenvalue weighted by atomic mass is 9.98. The van der Waals surface area contributed by atoms with Gasteiger partial charge in [0.05, 0.1) is 19.3 Å². The number of aliphatic imine (C=N–C) groups is 1. The number of anilines is 1. The second-order valence-corrected chi connectivity index (χ2v) is 8.12. The van der Waals surface area contributed by atoms with Crippen molar-refractivity contribution in [3.63, 3.8) is 0 Å². The van der Waals surface area contributed by atoms with Crippen molar-refractivity contribution in [3.05, 3.63) is 23.8 Å². The minimum atomic E-state index is -0.126. The molecule has 0 spiro atoms. The molecule has 3 N–H and O–H groups in total. The van der Waals surface area contributed by atoms with Crippen LogP contribution in [0.1, 0.15) is 52.5 Å². The van der Waals surface area contributed by atoms with Crippen molar-refractivity contribution in [2.75, 3.05) is 38.6 Å². The Balaban J connectivity index is 2.03. The first-order valence-electron chi connectivity index (χ1n) is 10.6. The van der Waals surface area contributed by atoms with Crippen molar-refractivity contribution in [2.45, 2.75) is 59.0 Å². The van der Waals surface area contributed by atoms with E-state index in [0.717, 1.165) is 24.6 Å². The van der Waals surface area contributed by atoms with Gasteiger partial charge in [0, 0.05) is 25.6 Å². The number of benzene rings is 1. The topological polar surface area (TPSA) is 78.0 Å². The molecule has 0 radical (unpaired) electrons. The minimum Gasteiger partial charge on any atom is -0.495 e. The van der Waals surface area contributed by atoms with Gasteiger partial charge in [0.15, 0.2) is 5.96 Å². The number of carbonyl (C=O) groups excluding carboxylic acids is 1. The summed E-state index contributed by atoms with van der Waals surface area (Å²) >= 11 is 0. The molecule has 7 heteroatoms. The lowest BCUT2D eigenvalue weighted by Crippen LogP contribution is -2.54. The van der Waals surface area contributed by atoms with Crippen molar-refractivity contribution in [1.29, 1.82) is 0 Å². The molecule has 1 aromatic carbocycles. The van der Waals surface area contributed by atoms with E-state index in [1.54, 1.807) is 7.11 Å². The third-order valence-electron chi connectivity index (χ3n) is 5.24. The molecular formula is C22H37N5O2. The van der Waals surface area contributed by atoms with Gasteiger partial charge in [-0.25, -0.2) is 4.99 Å². The Morgan fingerprint density at radius 2 is 1.93 bits per heavy atom. The van der Waals surface area contributed by atoms with E-state index in [0.29, 0.717) is 18.0 Å². The number of nitrogens with one attached hydrogen (secondary N) is 3. The highest BCUT2D eigenvalue weighted by atomic mass is 16.5. The predicted octanol–water partition coefficient (Wildman–Crippen LogP) is 2.97. The molecule has 0 bridgehead atoms. The number of rotatable bonds is 8. The maximum Gasteiger partial charge on any atom is 0.221 e. The SMILES string of the molecule is CCNC(=NCc1ccc(OC)c(NC(C)=O)c1)NCC(C)(C)N1CCCCC1. The summed E-state index contributed by atoms with van der Waals surface area (Å²) in [7, 11) is 1.59. The number of amides is 1. The van der Waals surface area contributed by atoms with Crippen LogP contribution < -0.4 is 20.7 Å². The molecule has 1 aliphatic heterocycles. The zero-order valence-electron chi connectivity index (χ0n) is 18.6. The molecule has 1 heterocycles. The van der Waals surface area contributed by atoms with E-state index in [1.165, 1.54) is 39.3 Å². The number of methoxy groups -OCH3 is 1. The average Bonchev–Trinajstić information content (AvgIpc) is 2.70. The zero-order valence-corrected chi connectivity index (χ0v) is 18.6. The van der Waals surface area contributed by atoms with Gasteiger partial charge in [-0.1, -0.05) is 12.5 Å². The third kappa shape index (κ3) is 7.24. The number of nitrogens with zero attached hydrogens (tertiary/aromatic N) is 2. The lowest BCUT2D eigenvalue weighted by molar-refractivity contribution is -0.114. The quantitative estimate of drug-likeness (QED) is 0.459. The molecular weight excluding hydrogens is 366 g/mol. The summed E-state index contributed by atoms with van der Waals surface area (Å²) in [5.74, 6) is 1.31. The van der Waals surface area contributed by atoms with E-state index in [9.17, 15) is 4.79 Å². The second-order valence-electron chi connectivity index (χ2n) is 8.12. The molecule has 1 saturated heterocycles. The van der Waals surface area contributed by atoms with E-state index in [1.807, 2.05) is 18.2 Å². The molecule has 7 nitrogen and oxygen atoms in total. The standard InChI is InChI=1S/C22H37N5O2/c1-6-23-21(25-16-22(3,4)27-12-8-7-9-13-27)24-15-18-10-11-20(29-5)19(14-18)26-17(2)28/h10-11,14H,6-9,12-13,15-16H2,1-5H3,(H,26,28)(H2,23,24,25). The molecule has 1 aromatic rings. The van der Waals surface area contributed by atoms with Gasteiger partial charge in [0.25, 0.3) is 0 Å². The molecule has 29 heavy (non-hydrogen) atoms. The van der Waals surface area contributed by atoms with Crippen molar-refractivity contribution in [3.8, 4) is 5.75 Å². The van der Waals surface area contributed by atoms with E-state index >= 15 is 0 Å². The smallest absolute Gasteiger partial charge is 0.221 e. The molecule has 1 fully saturated rings. The molecule has 2 rings (SSSR count). The van der Waals surface area contributed by atoms with Gasteiger partial charge in [0.1, 0.15) is 5.75 Å². The fourth-order valence-corrected chi connectivity index (χ4v) is 3.56. The third-order valence-corrected chi connectivity index (χ3v) is 5.24. The van der Waals surface area contributed by atoms with Crippen molar-refractivity contribution < 1.29 is 9.53 Å². The van der Waals surface area contributed by atoms with Gasteiger partial charge in [-0.05, 0) is 64.4 Å². The number of hydrogen-bond acceptors (Lipinski definition) is 4. The summed E-state index contributed by atoms with van der Waals surface area (Å²) in [5, 5.41) is 9.63. The zero-order chi connectivity index (χ0) is 21.3. The highest BCUT2D eigenvalue weighted by Crippen LogP contribution is 2.26. The molecule has 0 saturated carbocycles. The Labute approximate surface area is 175 Å². The van der Waals surface area contributed by atoms with Crippen molar-refractivity contribution in [1.82, 2.24) is 15.5 Å². The van der Waals surface area contributed by atoms with Gasteiger partial charge in [-0.3, -0.25) is 9.69 Å². The number of hydrogen-bond donors (Lipinski definition) is 3. The number of piperidine rings is 1. The summed E-state index contributed by atoms with van der Waals surface area (Å²) in [6.07, 6.45) is 3.91. The summed E-state index contributed by atoms with van der Waals surface area (Å²) in [5.41, 5.74) is 1.74. The van der Waals surface area contributed by atoms with Crippen LogP contribution >= 0.6 is 0 Å². The Hall–Kier alpha value is -2.28. The first-order chi connectivity index (χ1) is 13.9. The van der Waals surface area contributed by atoms with Gasteiger partial charge in [0.2, 0.25) is 5.91 Å². The second kappa shape index (κ2) is 11.0. The largest absolute Gasteiger partial charge is 0.495 e. The van der Waals surface area contributed by atoms with E-state index < -0.39 is 0 Å². The number of carbonyl (C=O) groups is 1. The van der Waals surface area contributed by atoms with Crippen molar-refractivity contribution in [2.24, 2.45) is 4.99 Å². The maximum absolute atomic E-state index is 11.4. The van der Waals surface area contributed by atoms with Crippen LogP contribution in [0.25, 0.3) is 0 Å². The van der Waals surface area contributed by atoms with Crippen LogP contribution in [0, 0.1) is 0 Å². The Morgan fingerprint density at radius 3 is 2.55 bits per heavy atom. The Kier molecular flexibility index (Phi) is 8.76. The van der Waals surface area contributed by atoms with Gasteiger partial charge in [-0.15, -0.1) is 0 Å². The predicted molar refractivity (Wildman–Crippen MR) is 120 cm³/mol. The van der Waals surface area contributed by atoms with Gasteiger partial charge in [-0.2, -0.15) is 0 Å². The van der Waals surface area contributed by atoms with Crippen LogP contribution in [0.2, 0.25) is 0 Å². The highest BCUT2D eigenvalue weighted by molar-refractivity contribution is 5.90. The van der Waals surface area contributed by atoms with Crippen LogP contribution in [-0.2, 0) is 11.3 Å². The fourth-order valence-electron chi connectivity index (χ4n) is 3.56. The van der Waals surface area contributed by atoms with Crippen LogP contribution in [0.4, 0.5) is 5.69 Å². The molecule has 0 aromatic heterocycles. The molecule has 162 valence electrons. The Morgan fingerprint density at radius 1 is 1.21 bits per heavy atom. The lowest BCUT2D eigenvalue weighted by Gasteiger charge is -2.41. The number of guanidine groups is 1. The highest BCUT2D eigenvalue weighted by Gasteiger charge is 2.27. The molecule has 0 unspecified atom stereocenters. The van der Waals surface area contributed by atoms with Gasteiger partial charge < -0.3 is 20.7 Å². The molecule has 0 atom stereocenters. The maximum atomic E-state index is 11.4. The van der Waals surface area contributed by atoms with Crippen molar-refractivity contribution >= 4 is 17.6 Å². The van der Waals surface area contributed by atoms with E-state index in [4.69, 9.17) is 9.73 Å². The summed E-state index contributed by atoms with van der Waals surface area (Å²) < 4.78 is 5.32. The average molecular weight is 404 g/mol. The normalized spacial score (nSPS) is 15.7. The molecule has 0 aliphatic carbocycles. The monoisotopic (exact) mass is 403 g/mol. The molecule has 1 aliphatic rings. The van der Waals surface area contributed by atoms with Crippen LogP contribution in [-0.4, -0.2) is 55.6 Å². The Bertz CT molecular complexity index is 696. The van der Waals surface area contributed by atoms with E-state index in [-0.39, 0.29) is 11.4 Å². The summed E-state index contributed by atoms with van der Waals surface area (Å²) in [6, 6.07) is 5.73. The summed E-state index contributed by atoms with van der Waals surface area (Å²) in [6.45, 7) is 12.6. The van der Waals surface area contributed by atoms with E-state index in [2.05, 4.69) is 41.6 Å². The van der Waals surface area contributed by atoms with Crippen LogP contribution in [0.15, 0.2) is 23.2 Å². The summed E-state index contributed by atoms with van der Waals surface area (Å²) in [4.78, 5) is 18.7. The fraction of sp³-hybridized carbons (Fsp3) is 0.636. The van der Waals surface area contributed by atoms with Crippen LogP contribution in [0.5, 0.6) is 5.75 Å². The van der Waals surface area contributed by atoms with Gasteiger partial charge >= 0.3 is 0 Å². The molecule has 1 amide bonds. The first-order valence-corrected chi connectivity index (χ1v) is 10.6. The first kappa shape index (κ1) is 23.0. The van der Waals surface area contributed by atoms with Crippen LogP contribution in [0.3, 0.4) is 0 Å².